The van der Waals surface area contributed by atoms with Gasteiger partial charge < -0.3 is 15.2 Å². The van der Waals surface area contributed by atoms with Gasteiger partial charge in [0.2, 0.25) is 0 Å². The molecular formula is C8H7F3N2O3. The molecule has 0 fully saturated rings. The molecule has 1 aromatic rings. The predicted octanol–water partition coefficient (Wildman–Crippen LogP) is 1.35. The quantitative estimate of drug-likeness (QED) is 0.784. The Morgan fingerprint density at radius 1 is 1.50 bits per heavy atom. The molecule has 0 amide bonds. The third-order valence-electron chi connectivity index (χ3n) is 1.50. The van der Waals surface area contributed by atoms with E-state index in [2.05, 4.69) is 14.5 Å². The highest BCUT2D eigenvalue weighted by Gasteiger charge is 2.31. The third-order valence-corrected chi connectivity index (χ3v) is 1.50. The second-order valence-corrected chi connectivity index (χ2v) is 2.65. The van der Waals surface area contributed by atoms with Crippen LogP contribution < -0.4 is 10.5 Å². The van der Waals surface area contributed by atoms with Gasteiger partial charge in [-0.15, -0.1) is 13.2 Å². The predicted molar refractivity (Wildman–Crippen MR) is 46.7 cm³/mol. The first kappa shape index (κ1) is 12.1. The fourth-order valence-electron chi connectivity index (χ4n) is 0.918. The lowest BCUT2D eigenvalue weighted by molar-refractivity contribution is -0.274. The van der Waals surface area contributed by atoms with E-state index < -0.39 is 18.1 Å². The zero-order chi connectivity index (χ0) is 12.3. The Labute approximate surface area is 88.0 Å². The van der Waals surface area contributed by atoms with Crippen LogP contribution in [0.3, 0.4) is 0 Å². The second-order valence-electron chi connectivity index (χ2n) is 2.65. The van der Waals surface area contributed by atoms with Crippen molar-refractivity contribution in [2.45, 2.75) is 6.36 Å². The number of hydrogen-bond acceptors (Lipinski definition) is 5. The van der Waals surface area contributed by atoms with Crippen molar-refractivity contribution in [3.63, 3.8) is 0 Å². The highest BCUT2D eigenvalue weighted by atomic mass is 19.4. The number of esters is 1. The Kier molecular flexibility index (Phi) is 3.21. The van der Waals surface area contributed by atoms with Crippen LogP contribution in [0.25, 0.3) is 0 Å². The molecule has 0 spiro atoms. The van der Waals surface area contributed by atoms with Crippen LogP contribution in [-0.4, -0.2) is 24.4 Å². The third kappa shape index (κ3) is 3.01. The number of carbonyl (C=O) groups excluding carboxylic acids is 1. The lowest BCUT2D eigenvalue weighted by Gasteiger charge is -2.09. The molecule has 0 bridgehead atoms. The molecule has 0 aromatic carbocycles. The van der Waals surface area contributed by atoms with Gasteiger partial charge in [0.15, 0.2) is 5.69 Å². The summed E-state index contributed by atoms with van der Waals surface area (Å²) in [5.74, 6) is -1.44. The molecule has 1 heterocycles. The van der Waals surface area contributed by atoms with Gasteiger partial charge >= 0.3 is 12.3 Å². The van der Waals surface area contributed by atoms with Gasteiger partial charge in [-0.25, -0.2) is 9.78 Å². The number of alkyl halides is 3. The number of carbonyl (C=O) groups is 1. The van der Waals surface area contributed by atoms with E-state index in [1.165, 1.54) is 0 Å². The Morgan fingerprint density at radius 2 is 2.12 bits per heavy atom. The maximum absolute atomic E-state index is 11.8. The summed E-state index contributed by atoms with van der Waals surface area (Å²) >= 11 is 0. The minimum absolute atomic E-state index is 0.256. The summed E-state index contributed by atoms with van der Waals surface area (Å²) in [4.78, 5) is 14.4. The lowest BCUT2D eigenvalue weighted by Crippen LogP contribution is -2.18. The molecule has 0 radical (unpaired) electrons. The highest BCUT2D eigenvalue weighted by Crippen LogP contribution is 2.24. The maximum atomic E-state index is 11.8. The lowest BCUT2D eigenvalue weighted by atomic mass is 10.3. The molecule has 0 aliphatic heterocycles. The minimum Gasteiger partial charge on any atom is -0.464 e. The molecule has 0 saturated carbocycles. The summed E-state index contributed by atoms with van der Waals surface area (Å²) in [5.41, 5.74) is 4.78. The summed E-state index contributed by atoms with van der Waals surface area (Å²) in [6, 6.07) is 0.840. The van der Waals surface area contributed by atoms with Crippen molar-refractivity contribution >= 4 is 11.7 Å². The zero-order valence-electron chi connectivity index (χ0n) is 8.04. The van der Waals surface area contributed by atoms with Crippen LogP contribution in [0.5, 0.6) is 5.75 Å². The number of ether oxygens (including phenoxy) is 2. The van der Waals surface area contributed by atoms with Crippen LogP contribution in [0.2, 0.25) is 0 Å². The normalized spacial score (nSPS) is 11.0. The first-order valence-corrected chi connectivity index (χ1v) is 3.93. The van der Waals surface area contributed by atoms with Crippen molar-refractivity contribution in [2.75, 3.05) is 12.8 Å². The summed E-state index contributed by atoms with van der Waals surface area (Å²) in [7, 11) is 1.10. The van der Waals surface area contributed by atoms with Crippen LogP contribution in [0.1, 0.15) is 10.5 Å². The fraction of sp³-hybridized carbons (Fsp3) is 0.250. The van der Waals surface area contributed by atoms with E-state index in [1.807, 2.05) is 0 Å². The van der Waals surface area contributed by atoms with Gasteiger partial charge in [-0.05, 0) is 0 Å². The highest BCUT2D eigenvalue weighted by molar-refractivity contribution is 5.92. The molecule has 1 rings (SSSR count). The smallest absolute Gasteiger partial charge is 0.464 e. The SMILES string of the molecule is COC(=O)c1ncc(OC(F)(F)F)cc1N. The van der Waals surface area contributed by atoms with Gasteiger partial charge in [0.25, 0.3) is 0 Å². The van der Waals surface area contributed by atoms with E-state index in [9.17, 15) is 18.0 Å². The molecule has 16 heavy (non-hydrogen) atoms. The average molecular weight is 236 g/mol. The van der Waals surface area contributed by atoms with E-state index in [0.29, 0.717) is 0 Å². The number of methoxy groups -OCH3 is 1. The van der Waals surface area contributed by atoms with Gasteiger partial charge in [-0.1, -0.05) is 0 Å². The van der Waals surface area contributed by atoms with Crippen LogP contribution in [-0.2, 0) is 4.74 Å². The maximum Gasteiger partial charge on any atom is 0.573 e. The summed E-state index contributed by atoms with van der Waals surface area (Å²) in [6.45, 7) is 0. The standard InChI is InChI=1S/C8H7F3N2O3/c1-15-7(14)6-5(12)2-4(3-13-6)16-8(9,10)11/h2-3H,12H2,1H3. The van der Waals surface area contributed by atoms with Gasteiger partial charge in [-0.2, -0.15) is 0 Å². The Morgan fingerprint density at radius 3 is 2.56 bits per heavy atom. The molecule has 8 heteroatoms. The van der Waals surface area contributed by atoms with E-state index in [-0.39, 0.29) is 11.4 Å². The van der Waals surface area contributed by atoms with Crippen LogP contribution >= 0.6 is 0 Å². The van der Waals surface area contributed by atoms with Gasteiger partial charge in [0.1, 0.15) is 5.75 Å². The van der Waals surface area contributed by atoms with Crippen molar-refractivity contribution in [1.29, 1.82) is 0 Å². The van der Waals surface area contributed by atoms with Gasteiger partial charge in [-0.3, -0.25) is 0 Å². The number of nitrogens with two attached hydrogens (primary N) is 1. The van der Waals surface area contributed by atoms with Crippen LogP contribution in [0.15, 0.2) is 12.3 Å². The molecule has 0 aliphatic carbocycles. The number of nitrogen functional groups attached to an aromatic ring is 1. The monoisotopic (exact) mass is 236 g/mol. The first-order valence-electron chi connectivity index (χ1n) is 3.93. The Balaban J connectivity index is 2.96. The molecular weight excluding hydrogens is 229 g/mol. The summed E-state index contributed by atoms with van der Waals surface area (Å²) in [6.07, 6.45) is -4.10. The number of halogens is 3. The summed E-state index contributed by atoms with van der Waals surface area (Å²) in [5, 5.41) is 0. The van der Waals surface area contributed by atoms with Gasteiger partial charge in [0.05, 0.1) is 19.0 Å². The van der Waals surface area contributed by atoms with Crippen LogP contribution in [0.4, 0.5) is 18.9 Å². The fourth-order valence-corrected chi connectivity index (χ4v) is 0.918. The number of nitrogens with zero attached hydrogens (tertiary/aromatic N) is 1. The van der Waals surface area contributed by atoms with E-state index in [1.54, 1.807) is 0 Å². The number of hydrogen-bond donors (Lipinski definition) is 1. The average Bonchev–Trinajstić information content (AvgIpc) is 2.14. The molecule has 2 N–H and O–H groups in total. The number of anilines is 1. The minimum atomic E-state index is -4.83. The largest absolute Gasteiger partial charge is 0.573 e. The van der Waals surface area contributed by atoms with E-state index in [0.717, 1.165) is 19.4 Å². The van der Waals surface area contributed by atoms with E-state index in [4.69, 9.17) is 5.73 Å². The first-order chi connectivity index (χ1) is 7.33. The van der Waals surface area contributed by atoms with Crippen LogP contribution in [0, 0.1) is 0 Å². The van der Waals surface area contributed by atoms with Gasteiger partial charge in [0, 0.05) is 6.07 Å². The number of pyridine rings is 1. The second kappa shape index (κ2) is 4.25. The molecule has 88 valence electrons. The molecule has 0 aliphatic rings. The molecule has 0 unspecified atom stereocenters. The number of aromatic nitrogens is 1. The van der Waals surface area contributed by atoms with Crippen molar-refractivity contribution < 1.29 is 27.4 Å². The van der Waals surface area contributed by atoms with E-state index >= 15 is 0 Å². The van der Waals surface area contributed by atoms with Crippen molar-refractivity contribution in [1.82, 2.24) is 4.98 Å². The van der Waals surface area contributed by atoms with Crippen molar-refractivity contribution in [3.05, 3.63) is 18.0 Å². The molecule has 1 aromatic heterocycles. The van der Waals surface area contributed by atoms with Crippen molar-refractivity contribution in [3.8, 4) is 5.75 Å². The zero-order valence-corrected chi connectivity index (χ0v) is 8.04. The summed E-state index contributed by atoms with van der Waals surface area (Å²) < 4.78 is 43.3. The Hall–Kier alpha value is -1.99. The number of rotatable bonds is 2. The molecule has 5 nitrogen and oxygen atoms in total. The Bertz CT molecular complexity index is 406. The molecule has 0 saturated heterocycles. The molecule has 0 atom stereocenters. The topological polar surface area (TPSA) is 74.4 Å². The van der Waals surface area contributed by atoms with Crippen molar-refractivity contribution in [2.24, 2.45) is 0 Å².